The fraction of sp³-hybridized carbons (Fsp3) is 0.143. The van der Waals surface area contributed by atoms with Crippen LogP contribution in [0, 0.1) is 5.82 Å². The van der Waals surface area contributed by atoms with Crippen LogP contribution in [0.3, 0.4) is 0 Å². The molecule has 2 rings (SSSR count). The van der Waals surface area contributed by atoms with E-state index in [9.17, 15) is 9.50 Å². The van der Waals surface area contributed by atoms with Gasteiger partial charge in [0.1, 0.15) is 17.3 Å². The first-order valence-electron chi connectivity index (χ1n) is 5.58. The van der Waals surface area contributed by atoms with Crippen LogP contribution in [0.5, 0.6) is 11.5 Å². The van der Waals surface area contributed by atoms with Crippen molar-refractivity contribution >= 4 is 27.5 Å². The van der Waals surface area contributed by atoms with E-state index in [-0.39, 0.29) is 0 Å². The molecule has 0 amide bonds. The number of halogens is 3. The van der Waals surface area contributed by atoms with Gasteiger partial charge in [-0.3, -0.25) is 0 Å². The normalized spacial score (nSPS) is 12.3. The van der Waals surface area contributed by atoms with Crippen LogP contribution in [0.2, 0.25) is 5.02 Å². The van der Waals surface area contributed by atoms with Gasteiger partial charge in [0.05, 0.1) is 11.1 Å². The summed E-state index contributed by atoms with van der Waals surface area (Å²) in [5.74, 6) is 0.379. The Morgan fingerprint density at radius 1 is 1.21 bits per heavy atom. The average Bonchev–Trinajstić information content (AvgIpc) is 2.35. The molecule has 0 saturated carbocycles. The molecule has 0 spiro atoms. The van der Waals surface area contributed by atoms with Crippen molar-refractivity contribution in [2.24, 2.45) is 0 Å². The summed E-state index contributed by atoms with van der Waals surface area (Å²) in [6.07, 6.45) is -0.836. The largest absolute Gasteiger partial charge is 0.455 e. The average molecular weight is 346 g/mol. The van der Waals surface area contributed by atoms with Crippen LogP contribution in [-0.2, 0) is 0 Å². The van der Waals surface area contributed by atoms with Crippen molar-refractivity contribution < 1.29 is 14.2 Å². The number of rotatable bonds is 3. The summed E-state index contributed by atoms with van der Waals surface area (Å²) in [5, 5.41) is 10.1. The molecule has 1 atom stereocenters. The number of hydrogen-bond acceptors (Lipinski definition) is 2. The zero-order valence-electron chi connectivity index (χ0n) is 10.0. The highest BCUT2D eigenvalue weighted by molar-refractivity contribution is 9.10. The molecule has 2 nitrogen and oxygen atoms in total. The third kappa shape index (κ3) is 3.47. The predicted octanol–water partition coefficient (Wildman–Crippen LogP) is 5.09. The summed E-state index contributed by atoms with van der Waals surface area (Å²) in [7, 11) is 0. The zero-order chi connectivity index (χ0) is 14.0. The second-order valence-electron chi connectivity index (χ2n) is 4.03. The van der Waals surface area contributed by atoms with Crippen LogP contribution in [0.4, 0.5) is 4.39 Å². The van der Waals surface area contributed by atoms with Gasteiger partial charge in [-0.1, -0.05) is 27.5 Å². The first kappa shape index (κ1) is 14.3. The molecular formula is C14H11BrClFO2. The maximum Gasteiger partial charge on any atom is 0.147 e. The van der Waals surface area contributed by atoms with Gasteiger partial charge in [-0.15, -0.1) is 0 Å². The quantitative estimate of drug-likeness (QED) is 0.840. The van der Waals surface area contributed by atoms with E-state index in [4.69, 9.17) is 16.3 Å². The van der Waals surface area contributed by atoms with Gasteiger partial charge in [0.15, 0.2) is 0 Å². The lowest BCUT2D eigenvalue weighted by Crippen LogP contribution is -1.97. The first-order valence-corrected chi connectivity index (χ1v) is 6.75. The first-order chi connectivity index (χ1) is 8.97. The lowest BCUT2D eigenvalue weighted by molar-refractivity contribution is 0.195. The Kier molecular flexibility index (Phi) is 4.45. The minimum Gasteiger partial charge on any atom is -0.455 e. The van der Waals surface area contributed by atoms with Crippen molar-refractivity contribution in [3.63, 3.8) is 0 Å². The highest BCUT2D eigenvalue weighted by atomic mass is 79.9. The second kappa shape index (κ2) is 5.90. The number of hydrogen-bond donors (Lipinski definition) is 1. The molecule has 0 aliphatic carbocycles. The van der Waals surface area contributed by atoms with E-state index in [0.29, 0.717) is 22.1 Å². The van der Waals surface area contributed by atoms with Gasteiger partial charge in [0.2, 0.25) is 0 Å². The van der Waals surface area contributed by atoms with Crippen molar-refractivity contribution in [3.8, 4) is 11.5 Å². The van der Waals surface area contributed by atoms with Crippen molar-refractivity contribution in [3.05, 3.63) is 57.3 Å². The van der Waals surface area contributed by atoms with Gasteiger partial charge in [-0.25, -0.2) is 4.39 Å². The van der Waals surface area contributed by atoms with E-state index < -0.39 is 11.9 Å². The molecule has 0 saturated heterocycles. The Balaban J connectivity index is 2.40. The lowest BCUT2D eigenvalue weighted by Gasteiger charge is -2.14. The highest BCUT2D eigenvalue weighted by Crippen LogP contribution is 2.35. The minimum absolute atomic E-state index is 0.371. The number of benzene rings is 2. The Bertz CT molecular complexity index is 602. The van der Waals surface area contributed by atoms with Crippen molar-refractivity contribution in [1.82, 2.24) is 0 Å². The molecule has 19 heavy (non-hydrogen) atoms. The smallest absolute Gasteiger partial charge is 0.147 e. The van der Waals surface area contributed by atoms with E-state index in [2.05, 4.69) is 15.9 Å². The third-order valence-corrected chi connectivity index (χ3v) is 3.34. The molecule has 0 radical (unpaired) electrons. The lowest BCUT2D eigenvalue weighted by atomic mass is 10.1. The summed E-state index contributed by atoms with van der Waals surface area (Å²) in [4.78, 5) is 0. The Morgan fingerprint density at radius 2 is 1.95 bits per heavy atom. The molecule has 5 heteroatoms. The van der Waals surface area contributed by atoms with Gasteiger partial charge >= 0.3 is 0 Å². The SMILES string of the molecule is C[C@H](O)c1cc(F)ccc1Oc1cc(Br)ccc1Cl. The van der Waals surface area contributed by atoms with Crippen LogP contribution < -0.4 is 4.74 Å². The predicted molar refractivity (Wildman–Crippen MR) is 76.3 cm³/mol. The molecule has 0 bridgehead atoms. The van der Waals surface area contributed by atoms with Crippen LogP contribution in [0.1, 0.15) is 18.6 Å². The maximum absolute atomic E-state index is 13.2. The molecule has 0 aliphatic heterocycles. The van der Waals surface area contributed by atoms with Gasteiger partial charge < -0.3 is 9.84 Å². The van der Waals surface area contributed by atoms with E-state index in [1.807, 2.05) is 0 Å². The molecule has 100 valence electrons. The standard InChI is InChI=1S/C14H11BrClFO2/c1-8(18)11-7-10(17)3-5-13(11)19-14-6-9(15)2-4-12(14)16/h2-8,18H,1H3/t8-/m0/s1. The van der Waals surface area contributed by atoms with Crippen molar-refractivity contribution in [2.75, 3.05) is 0 Å². The summed E-state index contributed by atoms with van der Waals surface area (Å²) in [5.41, 5.74) is 0.371. The fourth-order valence-corrected chi connectivity index (χ4v) is 2.11. The highest BCUT2D eigenvalue weighted by Gasteiger charge is 2.13. The van der Waals surface area contributed by atoms with E-state index in [1.54, 1.807) is 25.1 Å². The van der Waals surface area contributed by atoms with E-state index >= 15 is 0 Å². The monoisotopic (exact) mass is 344 g/mol. The van der Waals surface area contributed by atoms with Gasteiger partial charge in [-0.2, -0.15) is 0 Å². The van der Waals surface area contributed by atoms with Crippen LogP contribution in [-0.4, -0.2) is 5.11 Å². The zero-order valence-corrected chi connectivity index (χ0v) is 12.4. The van der Waals surface area contributed by atoms with Crippen molar-refractivity contribution in [2.45, 2.75) is 13.0 Å². The molecule has 0 fully saturated rings. The van der Waals surface area contributed by atoms with Gasteiger partial charge in [-0.05, 0) is 43.3 Å². The maximum atomic E-state index is 13.2. The van der Waals surface area contributed by atoms with Crippen molar-refractivity contribution in [1.29, 1.82) is 0 Å². The third-order valence-electron chi connectivity index (χ3n) is 2.54. The number of ether oxygens (including phenoxy) is 1. The minimum atomic E-state index is -0.836. The molecule has 2 aromatic rings. The van der Waals surface area contributed by atoms with Gasteiger partial charge in [0.25, 0.3) is 0 Å². The summed E-state index contributed by atoms with van der Waals surface area (Å²) in [6.45, 7) is 1.55. The Morgan fingerprint density at radius 3 is 2.63 bits per heavy atom. The molecule has 0 unspecified atom stereocenters. The summed E-state index contributed by atoms with van der Waals surface area (Å²) < 4.78 is 19.7. The van der Waals surface area contributed by atoms with Crippen LogP contribution >= 0.6 is 27.5 Å². The molecule has 0 heterocycles. The summed E-state index contributed by atoms with van der Waals surface area (Å²) in [6, 6.07) is 9.16. The van der Waals surface area contributed by atoms with E-state index in [0.717, 1.165) is 4.47 Å². The number of aliphatic hydroxyl groups excluding tert-OH is 1. The fourth-order valence-electron chi connectivity index (χ4n) is 1.61. The Labute approximate surface area is 123 Å². The second-order valence-corrected chi connectivity index (χ2v) is 5.36. The molecule has 1 N–H and O–H groups in total. The molecular weight excluding hydrogens is 335 g/mol. The molecule has 0 aromatic heterocycles. The van der Waals surface area contributed by atoms with E-state index in [1.165, 1.54) is 18.2 Å². The molecule has 0 aliphatic rings. The van der Waals surface area contributed by atoms with Gasteiger partial charge in [0, 0.05) is 10.0 Å². The summed E-state index contributed by atoms with van der Waals surface area (Å²) >= 11 is 9.35. The number of aliphatic hydroxyl groups is 1. The molecule has 2 aromatic carbocycles. The van der Waals surface area contributed by atoms with Crippen LogP contribution in [0.15, 0.2) is 40.9 Å². The Hall–Kier alpha value is -1.10. The topological polar surface area (TPSA) is 29.5 Å². The van der Waals surface area contributed by atoms with Crippen LogP contribution in [0.25, 0.3) is 0 Å².